The lowest BCUT2D eigenvalue weighted by Crippen LogP contribution is -2.39. The number of hydrogen-bond donors (Lipinski definition) is 1. The number of amides is 2. The van der Waals surface area contributed by atoms with Gasteiger partial charge in [0, 0.05) is 18.3 Å². The number of anilines is 1. The number of para-hydroxylation sites is 1. The van der Waals surface area contributed by atoms with Gasteiger partial charge in [-0.1, -0.05) is 18.2 Å². The van der Waals surface area contributed by atoms with Gasteiger partial charge in [-0.3, -0.25) is 0 Å². The second kappa shape index (κ2) is 5.39. The van der Waals surface area contributed by atoms with E-state index < -0.39 is 0 Å². The minimum absolute atomic E-state index is 0.0429. The molecular formula is C12H18N2O. The van der Waals surface area contributed by atoms with Crippen molar-refractivity contribution >= 4 is 11.7 Å². The number of hydrogen-bond acceptors (Lipinski definition) is 1. The maximum atomic E-state index is 11.8. The van der Waals surface area contributed by atoms with Gasteiger partial charge in [0.2, 0.25) is 0 Å². The minimum atomic E-state index is -0.0429. The first-order valence-electron chi connectivity index (χ1n) is 5.27. The number of nitrogens with zero attached hydrogens (tertiary/aromatic N) is 1. The first kappa shape index (κ1) is 11.6. The van der Waals surface area contributed by atoms with E-state index in [0.717, 1.165) is 12.2 Å². The summed E-state index contributed by atoms with van der Waals surface area (Å²) in [6, 6.07) is 9.67. The molecule has 2 amide bonds. The van der Waals surface area contributed by atoms with Crippen LogP contribution < -0.4 is 5.32 Å². The summed E-state index contributed by atoms with van der Waals surface area (Å²) < 4.78 is 0. The summed E-state index contributed by atoms with van der Waals surface area (Å²) in [5.41, 5.74) is 0.835. The van der Waals surface area contributed by atoms with Gasteiger partial charge in [-0.2, -0.15) is 0 Å². The van der Waals surface area contributed by atoms with Gasteiger partial charge in [0.05, 0.1) is 0 Å². The van der Waals surface area contributed by atoms with Crippen molar-refractivity contribution in [2.24, 2.45) is 0 Å². The quantitative estimate of drug-likeness (QED) is 0.810. The molecule has 1 N–H and O–H groups in total. The Bertz CT molecular complexity index is 309. The third-order valence-electron chi connectivity index (χ3n) is 2.25. The maximum absolute atomic E-state index is 11.8. The van der Waals surface area contributed by atoms with Crippen molar-refractivity contribution in [3.8, 4) is 0 Å². The molecule has 0 unspecified atom stereocenters. The fourth-order valence-electron chi connectivity index (χ4n) is 1.46. The van der Waals surface area contributed by atoms with E-state index in [1.807, 2.05) is 51.1 Å². The molecule has 82 valence electrons. The Kier molecular flexibility index (Phi) is 4.16. The van der Waals surface area contributed by atoms with E-state index in [4.69, 9.17) is 0 Å². The lowest BCUT2D eigenvalue weighted by Gasteiger charge is -2.25. The Morgan fingerprint density at radius 2 is 1.93 bits per heavy atom. The highest BCUT2D eigenvalue weighted by atomic mass is 16.2. The van der Waals surface area contributed by atoms with Crippen LogP contribution in [-0.4, -0.2) is 23.5 Å². The van der Waals surface area contributed by atoms with E-state index in [1.54, 1.807) is 4.90 Å². The average molecular weight is 206 g/mol. The molecule has 0 radical (unpaired) electrons. The molecule has 0 aliphatic carbocycles. The zero-order valence-corrected chi connectivity index (χ0v) is 9.53. The topological polar surface area (TPSA) is 32.3 Å². The molecule has 0 aliphatic heterocycles. The van der Waals surface area contributed by atoms with Crippen molar-refractivity contribution < 1.29 is 4.79 Å². The first-order chi connectivity index (χ1) is 7.15. The summed E-state index contributed by atoms with van der Waals surface area (Å²) in [7, 11) is 0. The molecule has 0 aromatic heterocycles. The van der Waals surface area contributed by atoms with E-state index in [1.165, 1.54) is 0 Å². The van der Waals surface area contributed by atoms with Crippen molar-refractivity contribution in [1.29, 1.82) is 0 Å². The second-order valence-corrected chi connectivity index (χ2v) is 3.68. The van der Waals surface area contributed by atoms with Crippen molar-refractivity contribution in [3.05, 3.63) is 30.3 Å². The van der Waals surface area contributed by atoms with Gasteiger partial charge in [0.15, 0.2) is 0 Å². The van der Waals surface area contributed by atoms with Crippen LogP contribution in [0.4, 0.5) is 10.5 Å². The lowest BCUT2D eigenvalue weighted by atomic mass is 10.3. The van der Waals surface area contributed by atoms with Crippen LogP contribution in [0, 0.1) is 0 Å². The van der Waals surface area contributed by atoms with Crippen LogP contribution in [0.2, 0.25) is 0 Å². The SMILES string of the molecule is CCN(C(=O)Nc1ccccc1)C(C)C. The number of nitrogens with one attached hydrogen (secondary N) is 1. The van der Waals surface area contributed by atoms with Crippen molar-refractivity contribution in [3.63, 3.8) is 0 Å². The smallest absolute Gasteiger partial charge is 0.322 e. The molecule has 0 atom stereocenters. The summed E-state index contributed by atoms with van der Waals surface area (Å²) in [5, 5.41) is 2.86. The Hall–Kier alpha value is -1.51. The molecule has 0 heterocycles. The number of urea groups is 1. The average Bonchev–Trinajstić information content (AvgIpc) is 2.19. The van der Waals surface area contributed by atoms with Gasteiger partial charge in [-0.25, -0.2) is 4.79 Å². The Morgan fingerprint density at radius 1 is 1.33 bits per heavy atom. The highest BCUT2D eigenvalue weighted by molar-refractivity contribution is 5.89. The van der Waals surface area contributed by atoms with Crippen LogP contribution in [0.5, 0.6) is 0 Å². The van der Waals surface area contributed by atoms with Crippen LogP contribution in [-0.2, 0) is 0 Å². The van der Waals surface area contributed by atoms with Crippen LogP contribution in [0.15, 0.2) is 30.3 Å². The summed E-state index contributed by atoms with van der Waals surface area (Å²) in [6.07, 6.45) is 0. The molecule has 1 aromatic carbocycles. The summed E-state index contributed by atoms with van der Waals surface area (Å²) in [6.45, 7) is 6.71. The molecule has 0 spiro atoms. The summed E-state index contributed by atoms with van der Waals surface area (Å²) >= 11 is 0. The highest BCUT2D eigenvalue weighted by Crippen LogP contribution is 2.08. The minimum Gasteiger partial charge on any atom is -0.322 e. The Balaban J connectivity index is 2.62. The molecule has 15 heavy (non-hydrogen) atoms. The van der Waals surface area contributed by atoms with Gasteiger partial charge >= 0.3 is 6.03 Å². The molecule has 0 saturated heterocycles. The van der Waals surface area contributed by atoms with Gasteiger partial charge in [0.25, 0.3) is 0 Å². The zero-order valence-electron chi connectivity index (χ0n) is 9.53. The standard InChI is InChI=1S/C12H18N2O/c1-4-14(10(2)3)12(15)13-11-8-6-5-7-9-11/h5-10H,4H2,1-3H3,(H,13,15). The van der Waals surface area contributed by atoms with E-state index in [9.17, 15) is 4.79 Å². The van der Waals surface area contributed by atoms with Gasteiger partial charge in [-0.05, 0) is 32.9 Å². The monoisotopic (exact) mass is 206 g/mol. The Morgan fingerprint density at radius 3 is 2.40 bits per heavy atom. The molecule has 0 fully saturated rings. The third-order valence-corrected chi connectivity index (χ3v) is 2.25. The predicted octanol–water partition coefficient (Wildman–Crippen LogP) is 2.95. The molecule has 3 nitrogen and oxygen atoms in total. The molecule has 0 saturated carbocycles. The number of carbonyl (C=O) groups excluding carboxylic acids is 1. The van der Waals surface area contributed by atoms with Crippen LogP contribution in [0.3, 0.4) is 0 Å². The van der Waals surface area contributed by atoms with Gasteiger partial charge in [-0.15, -0.1) is 0 Å². The van der Waals surface area contributed by atoms with E-state index >= 15 is 0 Å². The summed E-state index contributed by atoms with van der Waals surface area (Å²) in [5.74, 6) is 0. The largest absolute Gasteiger partial charge is 0.322 e. The molecule has 0 bridgehead atoms. The van der Waals surface area contributed by atoms with E-state index in [2.05, 4.69) is 5.32 Å². The number of carbonyl (C=O) groups is 1. The van der Waals surface area contributed by atoms with Crippen LogP contribution in [0.25, 0.3) is 0 Å². The van der Waals surface area contributed by atoms with Crippen LogP contribution >= 0.6 is 0 Å². The normalized spacial score (nSPS) is 10.1. The molecule has 0 aliphatic rings. The highest BCUT2D eigenvalue weighted by Gasteiger charge is 2.14. The second-order valence-electron chi connectivity index (χ2n) is 3.68. The van der Waals surface area contributed by atoms with Crippen molar-refractivity contribution in [2.45, 2.75) is 26.8 Å². The number of benzene rings is 1. The molecule has 1 aromatic rings. The third kappa shape index (κ3) is 3.27. The maximum Gasteiger partial charge on any atom is 0.322 e. The number of rotatable bonds is 3. The fourth-order valence-corrected chi connectivity index (χ4v) is 1.46. The van der Waals surface area contributed by atoms with Gasteiger partial charge < -0.3 is 10.2 Å². The van der Waals surface area contributed by atoms with E-state index in [0.29, 0.717) is 0 Å². The Labute approximate surface area is 91.1 Å². The zero-order chi connectivity index (χ0) is 11.3. The van der Waals surface area contributed by atoms with Crippen LogP contribution in [0.1, 0.15) is 20.8 Å². The molecular weight excluding hydrogens is 188 g/mol. The predicted molar refractivity (Wildman–Crippen MR) is 63.0 cm³/mol. The summed E-state index contributed by atoms with van der Waals surface area (Å²) in [4.78, 5) is 13.6. The molecule has 1 rings (SSSR count). The van der Waals surface area contributed by atoms with E-state index in [-0.39, 0.29) is 12.1 Å². The van der Waals surface area contributed by atoms with Gasteiger partial charge in [0.1, 0.15) is 0 Å². The van der Waals surface area contributed by atoms with Crippen molar-refractivity contribution in [2.75, 3.05) is 11.9 Å². The first-order valence-corrected chi connectivity index (χ1v) is 5.27. The molecule has 3 heteroatoms. The van der Waals surface area contributed by atoms with Crippen molar-refractivity contribution in [1.82, 2.24) is 4.90 Å². The lowest BCUT2D eigenvalue weighted by molar-refractivity contribution is 0.201. The fraction of sp³-hybridized carbons (Fsp3) is 0.417.